The zero-order valence-electron chi connectivity index (χ0n) is 23.3. The molecular weight excluding hydrogens is 502 g/mol. The number of hydrogen-bond donors (Lipinski definition) is 2. The number of carboxylic acids is 1. The van der Waals surface area contributed by atoms with E-state index in [1.807, 2.05) is 75.4 Å². The number of rotatable bonds is 8. The van der Waals surface area contributed by atoms with Gasteiger partial charge in [-0.2, -0.15) is 5.10 Å². The Hall–Kier alpha value is -4.72. The zero-order chi connectivity index (χ0) is 28.6. The van der Waals surface area contributed by atoms with Gasteiger partial charge in [0, 0.05) is 34.7 Å². The zero-order valence-corrected chi connectivity index (χ0v) is 23.3. The van der Waals surface area contributed by atoms with Crippen LogP contribution >= 0.6 is 0 Å². The number of nitrogens with one attached hydrogen (secondary N) is 1. The summed E-state index contributed by atoms with van der Waals surface area (Å²) in [4.78, 5) is 29.1. The van der Waals surface area contributed by atoms with Crippen LogP contribution in [0.15, 0.2) is 73.1 Å². The third-order valence-corrected chi connectivity index (χ3v) is 7.45. The average Bonchev–Trinajstić information content (AvgIpc) is 3.54. The Morgan fingerprint density at radius 3 is 2.38 bits per heavy atom. The number of fused-ring (bicyclic) bond motifs is 1. The van der Waals surface area contributed by atoms with Crippen LogP contribution in [0.2, 0.25) is 0 Å². The second-order valence-electron chi connectivity index (χ2n) is 10.4. The molecule has 8 heteroatoms. The molecule has 0 saturated heterocycles. The fourth-order valence-corrected chi connectivity index (χ4v) is 4.97. The van der Waals surface area contributed by atoms with Crippen LogP contribution in [0.3, 0.4) is 0 Å². The fraction of sp³-hybridized carbons (Fsp3) is 0.250. The molecule has 0 fully saturated rings. The summed E-state index contributed by atoms with van der Waals surface area (Å²) in [6, 6.07) is 20.7. The van der Waals surface area contributed by atoms with Gasteiger partial charge in [-0.3, -0.25) is 9.48 Å². The first kappa shape index (κ1) is 26.9. The molecule has 0 spiro atoms. The monoisotopic (exact) mass is 535 g/mol. The normalized spacial score (nSPS) is 12.2. The Morgan fingerprint density at radius 1 is 0.975 bits per heavy atom. The number of aromatic carboxylic acids is 1. The van der Waals surface area contributed by atoms with Crippen molar-refractivity contribution in [3.05, 3.63) is 107 Å². The third-order valence-electron chi connectivity index (χ3n) is 7.45. The molecular formula is C32H33N5O3. The Balaban J connectivity index is 1.37. The van der Waals surface area contributed by atoms with Gasteiger partial charge in [0.15, 0.2) is 5.82 Å². The molecule has 1 unspecified atom stereocenters. The van der Waals surface area contributed by atoms with Gasteiger partial charge >= 0.3 is 5.97 Å². The third kappa shape index (κ3) is 5.12. The van der Waals surface area contributed by atoms with Gasteiger partial charge in [-0.05, 0) is 81.1 Å². The Bertz CT molecular complexity index is 1710. The number of aryl methyl sites for hydroxylation is 1. The highest BCUT2D eigenvalue weighted by atomic mass is 16.4. The van der Waals surface area contributed by atoms with Crippen LogP contribution in [-0.4, -0.2) is 36.3 Å². The summed E-state index contributed by atoms with van der Waals surface area (Å²) in [7, 11) is 0. The molecule has 1 amide bonds. The van der Waals surface area contributed by atoms with Gasteiger partial charge < -0.3 is 15.0 Å². The first-order valence-corrected chi connectivity index (χ1v) is 13.4. The minimum absolute atomic E-state index is 0.169. The predicted molar refractivity (Wildman–Crippen MR) is 156 cm³/mol. The highest BCUT2D eigenvalue weighted by molar-refractivity contribution is 5.99. The van der Waals surface area contributed by atoms with E-state index in [4.69, 9.17) is 0 Å². The van der Waals surface area contributed by atoms with E-state index in [9.17, 15) is 14.7 Å². The van der Waals surface area contributed by atoms with E-state index in [1.165, 1.54) is 0 Å². The van der Waals surface area contributed by atoms with E-state index in [0.717, 1.165) is 33.3 Å². The van der Waals surface area contributed by atoms with Crippen LogP contribution in [0.5, 0.6) is 0 Å². The van der Waals surface area contributed by atoms with Crippen LogP contribution in [0, 0.1) is 13.8 Å². The van der Waals surface area contributed by atoms with Gasteiger partial charge in [0.2, 0.25) is 0 Å². The molecule has 3 aromatic carbocycles. The van der Waals surface area contributed by atoms with Gasteiger partial charge in [-0.25, -0.2) is 9.78 Å². The lowest BCUT2D eigenvalue weighted by molar-refractivity contribution is 0.0697. The van der Waals surface area contributed by atoms with E-state index in [0.29, 0.717) is 23.5 Å². The first-order valence-electron chi connectivity index (χ1n) is 13.4. The second kappa shape index (κ2) is 10.8. The number of carbonyl (C=O) groups excluding carboxylic acids is 1. The molecule has 40 heavy (non-hydrogen) atoms. The van der Waals surface area contributed by atoms with Crippen molar-refractivity contribution in [1.82, 2.24) is 24.6 Å². The van der Waals surface area contributed by atoms with Crippen LogP contribution < -0.4 is 5.32 Å². The standard InChI is InChI=1S/C32H33N5O3/c1-19(2)37-18-33-30(35-37)21(4)34-31(38)25-14-15-29-28(16-25)20(3)22(5)36(29)17-23-10-12-24(13-11-23)26-8-6-7-9-27(26)32(39)40/h6-16,18-19,21H,17H2,1-5H3,(H,34,38)(H,39,40). The lowest BCUT2D eigenvalue weighted by atomic mass is 9.99. The Morgan fingerprint density at radius 2 is 1.70 bits per heavy atom. The van der Waals surface area contributed by atoms with Crippen molar-refractivity contribution in [2.24, 2.45) is 0 Å². The fourth-order valence-electron chi connectivity index (χ4n) is 4.97. The van der Waals surface area contributed by atoms with Crippen molar-refractivity contribution in [2.75, 3.05) is 0 Å². The Labute approximate surface area is 233 Å². The lowest BCUT2D eigenvalue weighted by Gasteiger charge is -2.12. The highest BCUT2D eigenvalue weighted by Gasteiger charge is 2.18. The van der Waals surface area contributed by atoms with Gasteiger partial charge in [0.1, 0.15) is 6.33 Å². The van der Waals surface area contributed by atoms with E-state index in [1.54, 1.807) is 23.1 Å². The van der Waals surface area contributed by atoms with Crippen LogP contribution in [0.25, 0.3) is 22.0 Å². The quantitative estimate of drug-likeness (QED) is 0.242. The number of benzene rings is 3. The molecule has 8 nitrogen and oxygen atoms in total. The van der Waals surface area contributed by atoms with Gasteiger partial charge in [-0.1, -0.05) is 42.5 Å². The number of hydrogen-bond acceptors (Lipinski definition) is 4. The predicted octanol–water partition coefficient (Wildman–Crippen LogP) is 6.34. The maximum Gasteiger partial charge on any atom is 0.336 e. The molecule has 0 saturated carbocycles. The number of nitrogens with zero attached hydrogens (tertiary/aromatic N) is 4. The number of carbonyl (C=O) groups is 2. The molecule has 2 heterocycles. The van der Waals surface area contributed by atoms with Crippen molar-refractivity contribution in [3.8, 4) is 11.1 Å². The van der Waals surface area contributed by atoms with Crippen molar-refractivity contribution in [2.45, 2.75) is 53.2 Å². The molecule has 0 aliphatic heterocycles. The van der Waals surface area contributed by atoms with E-state index in [2.05, 4.69) is 33.8 Å². The molecule has 0 radical (unpaired) electrons. The van der Waals surface area contributed by atoms with Crippen molar-refractivity contribution < 1.29 is 14.7 Å². The average molecular weight is 536 g/mol. The molecule has 5 aromatic rings. The maximum absolute atomic E-state index is 13.1. The van der Waals surface area contributed by atoms with Gasteiger partial charge in [0.25, 0.3) is 5.91 Å². The number of amides is 1. The molecule has 204 valence electrons. The first-order chi connectivity index (χ1) is 19.1. The summed E-state index contributed by atoms with van der Waals surface area (Å²) in [5.74, 6) is -0.526. The molecule has 0 aliphatic carbocycles. The minimum atomic E-state index is -0.939. The molecule has 0 bridgehead atoms. The minimum Gasteiger partial charge on any atom is -0.478 e. The van der Waals surface area contributed by atoms with Gasteiger partial charge in [-0.15, -0.1) is 0 Å². The van der Waals surface area contributed by atoms with Crippen LogP contribution in [0.1, 0.15) is 76.2 Å². The molecule has 2 aromatic heterocycles. The lowest BCUT2D eigenvalue weighted by Crippen LogP contribution is -2.27. The van der Waals surface area contributed by atoms with Crippen LogP contribution in [0.4, 0.5) is 0 Å². The summed E-state index contributed by atoms with van der Waals surface area (Å²) < 4.78 is 4.03. The van der Waals surface area contributed by atoms with Crippen LogP contribution in [-0.2, 0) is 6.54 Å². The summed E-state index contributed by atoms with van der Waals surface area (Å²) >= 11 is 0. The van der Waals surface area contributed by atoms with Gasteiger partial charge in [0.05, 0.1) is 11.6 Å². The number of carboxylic acid groups (broad SMARTS) is 1. The maximum atomic E-state index is 13.1. The highest BCUT2D eigenvalue weighted by Crippen LogP contribution is 2.29. The topological polar surface area (TPSA) is 102 Å². The van der Waals surface area contributed by atoms with Crippen molar-refractivity contribution >= 4 is 22.8 Å². The summed E-state index contributed by atoms with van der Waals surface area (Å²) in [5, 5.41) is 18.1. The largest absolute Gasteiger partial charge is 0.478 e. The van der Waals surface area contributed by atoms with Crippen molar-refractivity contribution in [1.29, 1.82) is 0 Å². The molecule has 5 rings (SSSR count). The van der Waals surface area contributed by atoms with E-state index in [-0.39, 0.29) is 23.6 Å². The Kier molecular flexibility index (Phi) is 7.26. The SMILES string of the molecule is Cc1c(C)n(Cc2ccc(-c3ccccc3C(=O)O)cc2)c2ccc(C(=O)NC(C)c3ncn(C(C)C)n3)cc12. The number of aromatic nitrogens is 4. The smallest absolute Gasteiger partial charge is 0.336 e. The second-order valence-corrected chi connectivity index (χ2v) is 10.4. The van der Waals surface area contributed by atoms with E-state index >= 15 is 0 Å². The summed E-state index contributed by atoms with van der Waals surface area (Å²) in [6.07, 6.45) is 1.69. The molecule has 0 aliphatic rings. The summed E-state index contributed by atoms with van der Waals surface area (Å²) in [5.41, 5.74) is 6.84. The van der Waals surface area contributed by atoms with Crippen molar-refractivity contribution in [3.63, 3.8) is 0 Å². The summed E-state index contributed by atoms with van der Waals surface area (Å²) in [6.45, 7) is 10.8. The molecule has 2 N–H and O–H groups in total. The molecule has 1 atom stereocenters. The van der Waals surface area contributed by atoms with E-state index < -0.39 is 5.97 Å².